The van der Waals surface area contributed by atoms with E-state index in [1.54, 1.807) is 11.3 Å². The van der Waals surface area contributed by atoms with Crippen LogP contribution in [0.1, 0.15) is 36.6 Å². The van der Waals surface area contributed by atoms with Gasteiger partial charge in [0, 0.05) is 5.75 Å². The Morgan fingerprint density at radius 3 is 2.91 bits per heavy atom. The van der Waals surface area contributed by atoms with Crippen LogP contribution in [0.5, 0.6) is 0 Å². The second-order valence-electron chi connectivity index (χ2n) is 6.28. The predicted octanol–water partition coefficient (Wildman–Crippen LogP) is 1.38. The van der Waals surface area contributed by atoms with Gasteiger partial charge in [-0.1, -0.05) is 12.1 Å². The predicted molar refractivity (Wildman–Crippen MR) is 91.0 cm³/mol. The molecule has 1 aromatic heterocycles. The van der Waals surface area contributed by atoms with E-state index < -0.39 is 10.1 Å². The van der Waals surface area contributed by atoms with Crippen molar-refractivity contribution in [2.75, 3.05) is 25.4 Å². The van der Waals surface area contributed by atoms with Crippen LogP contribution in [0.3, 0.4) is 0 Å². The van der Waals surface area contributed by atoms with Gasteiger partial charge in [-0.25, -0.2) is 13.4 Å². The number of likely N-dealkylation sites (tertiary alicyclic amines) is 1. The molecule has 1 aromatic carbocycles. The number of piperidine rings is 1. The fourth-order valence-electron chi connectivity index (χ4n) is 3.31. The molecule has 1 fully saturated rings. The monoisotopic (exact) mass is 354 g/mol. The first-order chi connectivity index (χ1) is 11.0. The maximum absolute atomic E-state index is 10.6. The first-order valence-corrected chi connectivity index (χ1v) is 10.5. The zero-order valence-corrected chi connectivity index (χ0v) is 14.7. The van der Waals surface area contributed by atoms with Crippen molar-refractivity contribution in [2.45, 2.75) is 31.6 Å². The van der Waals surface area contributed by atoms with Crippen LogP contribution in [-0.4, -0.2) is 43.3 Å². The molecule has 7 heteroatoms. The van der Waals surface area contributed by atoms with Crippen molar-refractivity contribution in [3.05, 3.63) is 29.3 Å². The van der Waals surface area contributed by atoms with Crippen molar-refractivity contribution in [3.63, 3.8) is 0 Å². The van der Waals surface area contributed by atoms with E-state index in [9.17, 15) is 13.0 Å². The standard InChI is InChI=1S/C16H22N2O3S2/c19-23(20,21)11-4-3-9-18-10-5-6-13(12-18)16-17-14-7-1-2-8-15(14)22-16/h1-2,7-8,13H,3-6,9-12H2,(H,19,20,21)/t13-/m1/s1. The van der Waals surface area contributed by atoms with E-state index in [0.29, 0.717) is 12.3 Å². The molecule has 1 saturated heterocycles. The summed E-state index contributed by atoms with van der Waals surface area (Å²) in [6.07, 6.45) is 3.62. The normalized spacial score (nSPS) is 22.5. The van der Waals surface area contributed by atoms with E-state index in [1.165, 1.54) is 27.4 Å². The molecule has 1 aliphatic rings. The molecule has 1 N–H and O–H groups in total. The van der Waals surface area contributed by atoms with E-state index in [2.05, 4.69) is 12.1 Å². The zero-order valence-electron chi connectivity index (χ0n) is 13.0. The molecule has 0 spiro atoms. The summed E-state index contributed by atoms with van der Waals surface area (Å²) in [5.74, 6) is 0.265. The topological polar surface area (TPSA) is 74.5 Å². The molecule has 0 bridgehead atoms. The minimum Gasteiger partial charge on any atom is -0.748 e. The molecule has 2 aromatic rings. The van der Waals surface area contributed by atoms with Gasteiger partial charge in [0.15, 0.2) is 0 Å². The van der Waals surface area contributed by atoms with Gasteiger partial charge < -0.3 is 9.45 Å². The Hall–Kier alpha value is -1.02. The van der Waals surface area contributed by atoms with Crippen LogP contribution in [0.2, 0.25) is 0 Å². The molecule has 0 amide bonds. The minimum absolute atomic E-state index is 0.235. The zero-order chi connectivity index (χ0) is 16.3. The van der Waals surface area contributed by atoms with Crippen molar-refractivity contribution >= 4 is 31.7 Å². The molecule has 0 aliphatic carbocycles. The van der Waals surface area contributed by atoms with Crippen LogP contribution in [0.4, 0.5) is 0 Å². The third-order valence-corrected chi connectivity index (χ3v) is 6.44. The Kier molecular flexibility index (Phi) is 5.31. The molecule has 1 unspecified atom stereocenters. The maximum Gasteiger partial charge on any atom is 0.103 e. The minimum atomic E-state index is -4.06. The summed E-state index contributed by atoms with van der Waals surface area (Å²) in [7, 11) is -4.06. The average molecular weight is 354 g/mol. The van der Waals surface area contributed by atoms with Gasteiger partial charge in [0.1, 0.15) is 5.01 Å². The van der Waals surface area contributed by atoms with Crippen molar-refractivity contribution in [2.24, 2.45) is 0 Å². The Bertz CT molecular complexity index is 725. The van der Waals surface area contributed by atoms with E-state index in [4.69, 9.17) is 4.98 Å². The second kappa shape index (κ2) is 7.25. The largest absolute Gasteiger partial charge is 0.748 e. The number of hydrogen-bond donors (Lipinski definition) is 1. The molecule has 1 aliphatic heterocycles. The van der Waals surface area contributed by atoms with Gasteiger partial charge in [0.05, 0.1) is 45.9 Å². The number of unbranched alkanes of at least 4 members (excludes halogenated alkanes) is 1. The van der Waals surface area contributed by atoms with Gasteiger partial charge in [-0.3, -0.25) is 0 Å². The summed E-state index contributed by atoms with van der Waals surface area (Å²) in [5, 5.41) is 1.23. The van der Waals surface area contributed by atoms with Crippen LogP contribution in [-0.2, 0) is 10.1 Å². The molecular formula is C16H22N2O3S2. The van der Waals surface area contributed by atoms with Gasteiger partial charge in [0.2, 0.25) is 0 Å². The van der Waals surface area contributed by atoms with E-state index in [1.807, 2.05) is 12.1 Å². The SMILES string of the molecule is O=S(=O)([O-])CCCC[NH+]1CCC[C@@H](c2nc3ccccc3s2)C1. The number of nitrogens with one attached hydrogen (secondary N) is 1. The van der Waals surface area contributed by atoms with E-state index >= 15 is 0 Å². The summed E-state index contributed by atoms with van der Waals surface area (Å²) in [5.41, 5.74) is 1.08. The number of fused-ring (bicyclic) bond motifs is 1. The second-order valence-corrected chi connectivity index (χ2v) is 8.87. The van der Waals surface area contributed by atoms with Gasteiger partial charge in [-0.05, 0) is 37.8 Å². The highest BCUT2D eigenvalue weighted by Gasteiger charge is 2.26. The number of benzene rings is 1. The number of nitrogens with zero attached hydrogens (tertiary/aromatic N) is 1. The Morgan fingerprint density at radius 1 is 1.30 bits per heavy atom. The van der Waals surface area contributed by atoms with Crippen LogP contribution in [0.15, 0.2) is 24.3 Å². The first kappa shape index (κ1) is 16.8. The van der Waals surface area contributed by atoms with Crippen molar-refractivity contribution in [1.29, 1.82) is 0 Å². The number of hydrogen-bond acceptors (Lipinski definition) is 5. The average Bonchev–Trinajstić information content (AvgIpc) is 2.95. The lowest BCUT2D eigenvalue weighted by molar-refractivity contribution is -0.906. The third kappa shape index (κ3) is 4.73. The Labute approximate surface area is 141 Å². The number of aromatic nitrogens is 1. The van der Waals surface area contributed by atoms with E-state index in [0.717, 1.165) is 31.6 Å². The summed E-state index contributed by atoms with van der Waals surface area (Å²) in [6, 6.07) is 8.25. The lowest BCUT2D eigenvalue weighted by Crippen LogP contribution is -3.13. The van der Waals surface area contributed by atoms with Crippen LogP contribution >= 0.6 is 11.3 Å². The summed E-state index contributed by atoms with van der Waals surface area (Å²) in [6.45, 7) is 3.13. The highest BCUT2D eigenvalue weighted by atomic mass is 32.2. The molecule has 3 rings (SSSR count). The molecule has 126 valence electrons. The van der Waals surface area contributed by atoms with Crippen LogP contribution in [0, 0.1) is 0 Å². The van der Waals surface area contributed by atoms with Gasteiger partial charge >= 0.3 is 0 Å². The molecular weight excluding hydrogens is 332 g/mol. The molecule has 5 nitrogen and oxygen atoms in total. The molecule has 0 saturated carbocycles. The quantitative estimate of drug-likeness (QED) is 0.628. The highest BCUT2D eigenvalue weighted by Crippen LogP contribution is 2.30. The van der Waals surface area contributed by atoms with Crippen molar-refractivity contribution in [1.82, 2.24) is 4.98 Å². The Balaban J connectivity index is 1.55. The molecule has 23 heavy (non-hydrogen) atoms. The molecule has 2 atom stereocenters. The lowest BCUT2D eigenvalue weighted by Gasteiger charge is -2.28. The third-order valence-electron chi connectivity index (χ3n) is 4.45. The van der Waals surface area contributed by atoms with Gasteiger partial charge in [-0.15, -0.1) is 11.3 Å². The van der Waals surface area contributed by atoms with Gasteiger partial charge in [0.25, 0.3) is 0 Å². The summed E-state index contributed by atoms with van der Waals surface area (Å²) in [4.78, 5) is 6.29. The summed E-state index contributed by atoms with van der Waals surface area (Å²) < 4.78 is 33.2. The number of thiazole rings is 1. The van der Waals surface area contributed by atoms with Crippen molar-refractivity contribution < 1.29 is 17.9 Å². The first-order valence-electron chi connectivity index (χ1n) is 8.14. The smallest absolute Gasteiger partial charge is 0.103 e. The Morgan fingerprint density at radius 2 is 2.13 bits per heavy atom. The fourth-order valence-corrected chi connectivity index (χ4v) is 4.97. The number of quaternary nitrogens is 1. The highest BCUT2D eigenvalue weighted by molar-refractivity contribution is 7.85. The maximum atomic E-state index is 10.6. The van der Waals surface area contributed by atoms with E-state index in [-0.39, 0.29) is 5.75 Å². The number of rotatable bonds is 6. The molecule has 2 heterocycles. The lowest BCUT2D eigenvalue weighted by atomic mass is 9.98. The van der Waals surface area contributed by atoms with Crippen molar-refractivity contribution in [3.8, 4) is 0 Å². The van der Waals surface area contributed by atoms with Gasteiger partial charge in [-0.2, -0.15) is 0 Å². The fraction of sp³-hybridized carbons (Fsp3) is 0.562. The van der Waals surface area contributed by atoms with Crippen LogP contribution < -0.4 is 4.90 Å². The van der Waals surface area contributed by atoms with Crippen LogP contribution in [0.25, 0.3) is 10.2 Å². The molecule has 0 radical (unpaired) electrons. The number of para-hydroxylation sites is 1. The summed E-state index contributed by atoms with van der Waals surface area (Å²) >= 11 is 1.79.